The van der Waals surface area contributed by atoms with Crippen molar-refractivity contribution in [1.82, 2.24) is 15.1 Å². The van der Waals surface area contributed by atoms with Gasteiger partial charge in [0.05, 0.1) is 6.04 Å². The molecule has 1 N–H and O–H groups in total. The molecular formula is C17H26ClN3O. The lowest BCUT2D eigenvalue weighted by Gasteiger charge is -2.38. The summed E-state index contributed by atoms with van der Waals surface area (Å²) in [5.74, 6) is 0.135. The van der Waals surface area contributed by atoms with Gasteiger partial charge < -0.3 is 10.2 Å². The number of piperazine rings is 1. The van der Waals surface area contributed by atoms with E-state index in [1.807, 2.05) is 19.1 Å². The molecular weight excluding hydrogens is 298 g/mol. The third-order valence-electron chi connectivity index (χ3n) is 4.20. The quantitative estimate of drug-likeness (QED) is 0.874. The fourth-order valence-corrected chi connectivity index (χ4v) is 2.93. The smallest absolute Gasteiger partial charge is 0.220 e. The number of rotatable bonds is 6. The van der Waals surface area contributed by atoms with Gasteiger partial charge in [0, 0.05) is 44.2 Å². The van der Waals surface area contributed by atoms with Crippen molar-refractivity contribution in [3.8, 4) is 0 Å². The van der Waals surface area contributed by atoms with Crippen LogP contribution in [0, 0.1) is 0 Å². The van der Waals surface area contributed by atoms with Crippen molar-refractivity contribution in [2.24, 2.45) is 0 Å². The molecule has 1 saturated heterocycles. The van der Waals surface area contributed by atoms with E-state index in [1.54, 1.807) is 0 Å². The topological polar surface area (TPSA) is 35.6 Å². The van der Waals surface area contributed by atoms with Gasteiger partial charge in [-0.2, -0.15) is 0 Å². The minimum Gasteiger partial charge on any atom is -0.354 e. The Kier molecular flexibility index (Phi) is 6.68. The number of carbonyl (C=O) groups excluding carboxylic acids is 1. The van der Waals surface area contributed by atoms with Gasteiger partial charge in [-0.1, -0.05) is 30.7 Å². The molecule has 0 radical (unpaired) electrons. The van der Waals surface area contributed by atoms with E-state index in [-0.39, 0.29) is 11.9 Å². The lowest BCUT2D eigenvalue weighted by atomic mass is 10.0. The first-order valence-corrected chi connectivity index (χ1v) is 8.42. The van der Waals surface area contributed by atoms with Crippen LogP contribution in [0.4, 0.5) is 0 Å². The van der Waals surface area contributed by atoms with Gasteiger partial charge in [-0.15, -0.1) is 0 Å². The van der Waals surface area contributed by atoms with Crippen LogP contribution in [-0.4, -0.2) is 55.5 Å². The molecule has 0 saturated carbocycles. The molecule has 1 atom stereocenters. The fraction of sp³-hybridized carbons (Fsp3) is 0.588. The highest BCUT2D eigenvalue weighted by atomic mass is 35.5. The predicted octanol–water partition coefficient (Wildman–Crippen LogP) is 2.54. The van der Waals surface area contributed by atoms with E-state index in [4.69, 9.17) is 11.6 Å². The highest BCUT2D eigenvalue weighted by Crippen LogP contribution is 2.23. The second-order valence-electron chi connectivity index (χ2n) is 5.96. The normalized spacial score (nSPS) is 18.1. The number of nitrogens with zero attached hydrogens (tertiary/aromatic N) is 2. The molecule has 1 amide bonds. The number of halogens is 1. The maximum absolute atomic E-state index is 11.8. The molecule has 1 aromatic rings. The van der Waals surface area contributed by atoms with Crippen LogP contribution in [0.1, 0.15) is 31.4 Å². The standard InChI is InChI=1S/C17H26ClN3O/c1-3-4-17(22)19-13-16(14-5-7-15(18)8-6-14)21-11-9-20(2)10-12-21/h5-8,16H,3-4,9-13H2,1-2H3,(H,19,22)/t16-/m1/s1. The van der Waals surface area contributed by atoms with Crippen LogP contribution in [0.3, 0.4) is 0 Å². The molecule has 0 unspecified atom stereocenters. The summed E-state index contributed by atoms with van der Waals surface area (Å²) in [4.78, 5) is 16.6. The van der Waals surface area contributed by atoms with E-state index in [1.165, 1.54) is 5.56 Å². The molecule has 1 heterocycles. The summed E-state index contributed by atoms with van der Waals surface area (Å²) in [5.41, 5.74) is 1.21. The Bertz CT molecular complexity index is 469. The Hall–Kier alpha value is -1.10. The fourth-order valence-electron chi connectivity index (χ4n) is 2.80. The summed E-state index contributed by atoms with van der Waals surface area (Å²) >= 11 is 6.00. The molecule has 5 heteroatoms. The molecule has 22 heavy (non-hydrogen) atoms. The number of amides is 1. The van der Waals surface area contributed by atoms with Crippen LogP contribution in [-0.2, 0) is 4.79 Å². The van der Waals surface area contributed by atoms with E-state index in [0.717, 1.165) is 37.6 Å². The maximum Gasteiger partial charge on any atom is 0.220 e. The average molecular weight is 324 g/mol. The highest BCUT2D eigenvalue weighted by molar-refractivity contribution is 6.30. The summed E-state index contributed by atoms with van der Waals surface area (Å²) in [6.07, 6.45) is 1.47. The van der Waals surface area contributed by atoms with Gasteiger partial charge in [0.15, 0.2) is 0 Å². The van der Waals surface area contributed by atoms with Gasteiger partial charge in [0.25, 0.3) is 0 Å². The van der Waals surface area contributed by atoms with E-state index < -0.39 is 0 Å². The van der Waals surface area contributed by atoms with E-state index in [2.05, 4.69) is 34.3 Å². The van der Waals surface area contributed by atoms with Crippen molar-refractivity contribution < 1.29 is 4.79 Å². The Balaban J connectivity index is 2.06. The molecule has 0 bridgehead atoms. The van der Waals surface area contributed by atoms with Crippen LogP contribution in [0.5, 0.6) is 0 Å². The minimum absolute atomic E-state index is 0.135. The molecule has 122 valence electrons. The monoisotopic (exact) mass is 323 g/mol. The zero-order valence-corrected chi connectivity index (χ0v) is 14.3. The SMILES string of the molecule is CCCC(=O)NC[C@H](c1ccc(Cl)cc1)N1CCN(C)CC1. The summed E-state index contributed by atoms with van der Waals surface area (Å²) in [6.45, 7) is 6.85. The van der Waals surface area contributed by atoms with Crippen LogP contribution in [0.15, 0.2) is 24.3 Å². The van der Waals surface area contributed by atoms with Gasteiger partial charge in [0.2, 0.25) is 5.91 Å². The Morgan fingerprint density at radius 1 is 1.23 bits per heavy atom. The lowest BCUT2D eigenvalue weighted by molar-refractivity contribution is -0.121. The predicted molar refractivity (Wildman–Crippen MR) is 91.2 cm³/mol. The lowest BCUT2D eigenvalue weighted by Crippen LogP contribution is -2.48. The van der Waals surface area contributed by atoms with Crippen LogP contribution in [0.2, 0.25) is 5.02 Å². The van der Waals surface area contributed by atoms with Crippen molar-refractivity contribution >= 4 is 17.5 Å². The third-order valence-corrected chi connectivity index (χ3v) is 4.46. The molecule has 0 aliphatic carbocycles. The molecule has 1 aliphatic rings. The van der Waals surface area contributed by atoms with E-state index in [0.29, 0.717) is 13.0 Å². The van der Waals surface area contributed by atoms with Crippen molar-refractivity contribution in [2.75, 3.05) is 39.8 Å². The number of hydrogen-bond acceptors (Lipinski definition) is 3. The van der Waals surface area contributed by atoms with Gasteiger partial charge in [-0.05, 0) is 31.2 Å². The molecule has 0 aromatic heterocycles. The summed E-state index contributed by atoms with van der Waals surface area (Å²) in [6, 6.07) is 8.20. The maximum atomic E-state index is 11.8. The highest BCUT2D eigenvalue weighted by Gasteiger charge is 2.24. The molecule has 1 aromatic carbocycles. The van der Waals surface area contributed by atoms with Crippen molar-refractivity contribution in [1.29, 1.82) is 0 Å². The average Bonchev–Trinajstić information content (AvgIpc) is 2.51. The summed E-state index contributed by atoms with van der Waals surface area (Å²) in [7, 11) is 2.15. The van der Waals surface area contributed by atoms with E-state index >= 15 is 0 Å². The summed E-state index contributed by atoms with van der Waals surface area (Å²) < 4.78 is 0. The zero-order chi connectivity index (χ0) is 15.9. The van der Waals surface area contributed by atoms with Crippen molar-refractivity contribution in [2.45, 2.75) is 25.8 Å². The van der Waals surface area contributed by atoms with Crippen LogP contribution < -0.4 is 5.32 Å². The number of hydrogen-bond donors (Lipinski definition) is 1. The minimum atomic E-state index is 0.135. The first-order chi connectivity index (χ1) is 10.6. The van der Waals surface area contributed by atoms with Gasteiger partial charge >= 0.3 is 0 Å². The van der Waals surface area contributed by atoms with Crippen LogP contribution >= 0.6 is 11.6 Å². The van der Waals surface area contributed by atoms with Crippen molar-refractivity contribution in [3.63, 3.8) is 0 Å². The van der Waals surface area contributed by atoms with E-state index in [9.17, 15) is 4.79 Å². The Morgan fingerprint density at radius 3 is 2.45 bits per heavy atom. The first-order valence-electron chi connectivity index (χ1n) is 8.05. The second kappa shape index (κ2) is 8.51. The molecule has 2 rings (SSSR count). The number of nitrogens with one attached hydrogen (secondary N) is 1. The number of likely N-dealkylation sites (N-methyl/N-ethyl adjacent to an activating group) is 1. The van der Waals surface area contributed by atoms with Gasteiger partial charge in [-0.3, -0.25) is 9.69 Å². The van der Waals surface area contributed by atoms with Gasteiger partial charge in [-0.25, -0.2) is 0 Å². The molecule has 0 spiro atoms. The number of carbonyl (C=O) groups is 1. The second-order valence-corrected chi connectivity index (χ2v) is 6.40. The third kappa shape index (κ3) is 4.97. The first kappa shape index (κ1) is 17.3. The molecule has 1 fully saturated rings. The Morgan fingerprint density at radius 2 is 1.86 bits per heavy atom. The summed E-state index contributed by atoms with van der Waals surface area (Å²) in [5, 5.41) is 3.82. The van der Waals surface area contributed by atoms with Crippen molar-refractivity contribution in [3.05, 3.63) is 34.9 Å². The van der Waals surface area contributed by atoms with Gasteiger partial charge in [0.1, 0.15) is 0 Å². The van der Waals surface area contributed by atoms with Crippen LogP contribution in [0.25, 0.3) is 0 Å². The Labute approximate surface area is 138 Å². The molecule has 1 aliphatic heterocycles. The zero-order valence-electron chi connectivity index (χ0n) is 13.5. The largest absolute Gasteiger partial charge is 0.354 e. The number of benzene rings is 1. The molecule has 4 nitrogen and oxygen atoms in total.